The minimum Gasteiger partial charge on any atom is -0.460 e. The van der Waals surface area contributed by atoms with Gasteiger partial charge in [0.15, 0.2) is 6.10 Å². The molecule has 0 radical (unpaired) electrons. The predicted molar refractivity (Wildman–Crippen MR) is 97.5 cm³/mol. The van der Waals surface area contributed by atoms with Gasteiger partial charge in [0.1, 0.15) is 18.7 Å². The second kappa shape index (κ2) is 9.75. The zero-order chi connectivity index (χ0) is 20.1. The second-order valence-electron chi connectivity index (χ2n) is 6.02. The van der Waals surface area contributed by atoms with Gasteiger partial charge in [-0.25, -0.2) is 5.43 Å². The zero-order valence-corrected chi connectivity index (χ0v) is 16.7. The lowest BCUT2D eigenvalue weighted by atomic mass is 10.1. The average molecular weight is 431 g/mol. The van der Waals surface area contributed by atoms with Crippen molar-refractivity contribution in [2.45, 2.75) is 48.7 Å². The molecule has 1 aliphatic heterocycles. The Bertz CT molecular complexity index is 567. The molecule has 1 rings (SSSR count). The Morgan fingerprint density at radius 3 is 2.58 bits per heavy atom. The van der Waals surface area contributed by atoms with E-state index in [4.69, 9.17) is 39.5 Å². The van der Waals surface area contributed by atoms with Crippen LogP contribution in [0.3, 0.4) is 0 Å². The molecule has 2 amide bonds. The van der Waals surface area contributed by atoms with E-state index in [-0.39, 0.29) is 5.57 Å². The lowest BCUT2D eigenvalue weighted by molar-refractivity contribution is -0.153. The van der Waals surface area contributed by atoms with Crippen LogP contribution in [0.25, 0.3) is 0 Å². The summed E-state index contributed by atoms with van der Waals surface area (Å²) in [5.74, 6) is -1.84. The minimum absolute atomic E-state index is 0.259. The van der Waals surface area contributed by atoms with E-state index in [1.807, 2.05) is 0 Å². The van der Waals surface area contributed by atoms with Gasteiger partial charge in [-0.2, -0.15) is 0 Å². The SMILES string of the molecule is C=C(C)[C@H](O)C(=O)N[C@@H](C)C(=O)N1CCC[C@@H](C(=O)OCC(Cl)(Cl)Cl)N1. The number of ether oxygens (including phenoxy) is 1. The van der Waals surface area contributed by atoms with E-state index in [1.54, 1.807) is 0 Å². The van der Waals surface area contributed by atoms with Crippen LogP contribution in [0.1, 0.15) is 26.7 Å². The Morgan fingerprint density at radius 2 is 2.04 bits per heavy atom. The summed E-state index contributed by atoms with van der Waals surface area (Å²) in [5, 5.41) is 13.3. The molecule has 0 bridgehead atoms. The third-order valence-corrected chi connectivity index (χ3v) is 3.89. The van der Waals surface area contributed by atoms with E-state index < -0.39 is 46.4 Å². The largest absolute Gasteiger partial charge is 0.460 e. The van der Waals surface area contributed by atoms with E-state index in [0.29, 0.717) is 19.4 Å². The molecular formula is C15H22Cl3N3O5. The molecule has 3 N–H and O–H groups in total. The van der Waals surface area contributed by atoms with Gasteiger partial charge in [-0.3, -0.25) is 19.4 Å². The maximum absolute atomic E-state index is 12.4. The fourth-order valence-electron chi connectivity index (χ4n) is 2.18. The van der Waals surface area contributed by atoms with E-state index in [0.717, 1.165) is 0 Å². The topological polar surface area (TPSA) is 108 Å². The summed E-state index contributed by atoms with van der Waals surface area (Å²) < 4.78 is 3.19. The van der Waals surface area contributed by atoms with Crippen molar-refractivity contribution in [1.82, 2.24) is 15.8 Å². The molecule has 8 nitrogen and oxygen atoms in total. The van der Waals surface area contributed by atoms with Crippen molar-refractivity contribution in [3.05, 3.63) is 12.2 Å². The number of esters is 1. The third-order valence-electron chi connectivity index (χ3n) is 3.56. The van der Waals surface area contributed by atoms with Gasteiger partial charge in [-0.05, 0) is 32.3 Å². The number of aliphatic hydroxyl groups is 1. The normalized spacial score (nSPS) is 20.1. The summed E-state index contributed by atoms with van der Waals surface area (Å²) in [6.45, 7) is 6.39. The van der Waals surface area contributed by atoms with Crippen LogP contribution in [0.4, 0.5) is 0 Å². The molecule has 0 aromatic carbocycles. The molecule has 26 heavy (non-hydrogen) atoms. The smallest absolute Gasteiger partial charge is 0.325 e. The average Bonchev–Trinajstić information content (AvgIpc) is 2.57. The summed E-state index contributed by atoms with van der Waals surface area (Å²) in [7, 11) is 0. The zero-order valence-electron chi connectivity index (χ0n) is 14.4. The number of amides is 2. The van der Waals surface area contributed by atoms with Crippen molar-refractivity contribution in [1.29, 1.82) is 0 Å². The first-order valence-electron chi connectivity index (χ1n) is 7.87. The first kappa shape index (κ1) is 23.0. The van der Waals surface area contributed by atoms with Gasteiger partial charge in [-0.15, -0.1) is 0 Å². The highest BCUT2D eigenvalue weighted by Gasteiger charge is 2.33. The van der Waals surface area contributed by atoms with Crippen LogP contribution in [-0.4, -0.2) is 63.0 Å². The predicted octanol–water partition coefficient (Wildman–Crippen LogP) is 0.837. The van der Waals surface area contributed by atoms with Crippen molar-refractivity contribution in [2.24, 2.45) is 0 Å². The molecule has 1 aliphatic rings. The van der Waals surface area contributed by atoms with Crippen molar-refractivity contribution >= 4 is 52.6 Å². The number of hydrogen-bond acceptors (Lipinski definition) is 6. The molecule has 1 fully saturated rings. The van der Waals surface area contributed by atoms with Gasteiger partial charge < -0.3 is 15.2 Å². The molecule has 11 heteroatoms. The molecule has 1 saturated heterocycles. The molecule has 0 aromatic heterocycles. The number of halogens is 3. The number of aliphatic hydroxyl groups excluding tert-OH is 1. The first-order chi connectivity index (χ1) is 11.9. The van der Waals surface area contributed by atoms with Gasteiger partial charge in [-0.1, -0.05) is 41.4 Å². The van der Waals surface area contributed by atoms with Gasteiger partial charge in [0.25, 0.3) is 11.8 Å². The van der Waals surface area contributed by atoms with Crippen LogP contribution >= 0.6 is 34.8 Å². The molecule has 0 aliphatic carbocycles. The van der Waals surface area contributed by atoms with Crippen LogP contribution in [0.15, 0.2) is 12.2 Å². The summed E-state index contributed by atoms with van der Waals surface area (Å²) in [5.41, 5.74) is 3.00. The van der Waals surface area contributed by atoms with Gasteiger partial charge >= 0.3 is 5.97 Å². The summed E-state index contributed by atoms with van der Waals surface area (Å²) >= 11 is 16.6. The molecule has 0 unspecified atom stereocenters. The molecule has 148 valence electrons. The van der Waals surface area contributed by atoms with E-state index in [9.17, 15) is 19.5 Å². The maximum Gasteiger partial charge on any atom is 0.325 e. The minimum atomic E-state index is -1.72. The maximum atomic E-state index is 12.4. The van der Waals surface area contributed by atoms with Crippen LogP contribution in [0, 0.1) is 0 Å². The Hall–Kier alpha value is -1.06. The molecule has 0 spiro atoms. The number of rotatable bonds is 6. The summed E-state index contributed by atoms with van der Waals surface area (Å²) in [6, 6.07) is -1.69. The Labute approximate surface area is 166 Å². The van der Waals surface area contributed by atoms with Crippen LogP contribution < -0.4 is 10.7 Å². The summed E-state index contributed by atoms with van der Waals surface area (Å²) in [6.07, 6.45) is -0.414. The molecule has 1 heterocycles. The quantitative estimate of drug-likeness (QED) is 0.327. The molecule has 0 saturated carbocycles. The fraction of sp³-hybridized carbons (Fsp3) is 0.667. The number of carbonyl (C=O) groups is 3. The monoisotopic (exact) mass is 429 g/mol. The highest BCUT2D eigenvalue weighted by atomic mass is 35.6. The standard InChI is InChI=1S/C15H22Cl3N3O5/c1-8(2)11(22)12(23)19-9(3)13(24)21-6-4-5-10(20-21)14(25)26-7-15(16,17)18/h9-11,20,22H,1,4-7H2,2-3H3,(H,19,23)/t9-,10-,11-/m0/s1. The Morgan fingerprint density at radius 1 is 1.42 bits per heavy atom. The molecule has 3 atom stereocenters. The van der Waals surface area contributed by atoms with E-state index >= 15 is 0 Å². The highest BCUT2D eigenvalue weighted by Crippen LogP contribution is 2.26. The van der Waals surface area contributed by atoms with Gasteiger partial charge in [0, 0.05) is 6.54 Å². The van der Waals surface area contributed by atoms with E-state index in [1.165, 1.54) is 18.9 Å². The number of alkyl halides is 3. The number of nitrogens with zero attached hydrogens (tertiary/aromatic N) is 1. The number of hydrogen-bond donors (Lipinski definition) is 3. The van der Waals surface area contributed by atoms with Crippen LogP contribution in [0.2, 0.25) is 0 Å². The van der Waals surface area contributed by atoms with Gasteiger partial charge in [0.2, 0.25) is 3.79 Å². The lowest BCUT2D eigenvalue weighted by Gasteiger charge is -2.34. The van der Waals surface area contributed by atoms with Crippen LogP contribution in [-0.2, 0) is 19.1 Å². The first-order valence-corrected chi connectivity index (χ1v) is 9.00. The molecular weight excluding hydrogens is 409 g/mol. The van der Waals surface area contributed by atoms with Gasteiger partial charge in [0.05, 0.1) is 0 Å². The Kier molecular flexibility index (Phi) is 8.62. The second-order valence-corrected chi connectivity index (χ2v) is 8.53. The Balaban J connectivity index is 2.60. The van der Waals surface area contributed by atoms with Crippen molar-refractivity contribution in [3.63, 3.8) is 0 Å². The number of nitrogens with one attached hydrogen (secondary N) is 2. The third kappa shape index (κ3) is 7.28. The van der Waals surface area contributed by atoms with E-state index in [2.05, 4.69) is 17.3 Å². The summed E-state index contributed by atoms with van der Waals surface area (Å²) in [4.78, 5) is 36.3. The lowest BCUT2D eigenvalue weighted by Crippen LogP contribution is -2.60. The van der Waals surface area contributed by atoms with Crippen LogP contribution in [0.5, 0.6) is 0 Å². The number of hydrazine groups is 1. The van der Waals surface area contributed by atoms with Crippen molar-refractivity contribution in [3.8, 4) is 0 Å². The fourth-order valence-corrected chi connectivity index (χ4v) is 2.34. The molecule has 0 aromatic rings. The highest BCUT2D eigenvalue weighted by molar-refractivity contribution is 6.67. The van der Waals surface area contributed by atoms with Crippen molar-refractivity contribution in [2.75, 3.05) is 13.2 Å². The number of carbonyl (C=O) groups excluding carboxylic acids is 3. The van der Waals surface area contributed by atoms with Crippen molar-refractivity contribution < 1.29 is 24.2 Å².